The predicted octanol–water partition coefficient (Wildman–Crippen LogP) is 2.96. The maximum absolute atomic E-state index is 13.3. The molecule has 0 saturated heterocycles. The Bertz CT molecular complexity index is 671. The molecule has 1 aromatic rings. The van der Waals surface area contributed by atoms with E-state index in [2.05, 4.69) is 5.32 Å². The molecule has 128 valence electrons. The van der Waals surface area contributed by atoms with Crippen LogP contribution in [0.1, 0.15) is 56.6 Å². The van der Waals surface area contributed by atoms with E-state index in [0.29, 0.717) is 24.9 Å². The van der Waals surface area contributed by atoms with Crippen molar-refractivity contribution < 1.29 is 14.6 Å². The quantitative estimate of drug-likeness (QED) is 0.878. The van der Waals surface area contributed by atoms with E-state index >= 15 is 0 Å². The van der Waals surface area contributed by atoms with Crippen LogP contribution < -0.4 is 10.1 Å². The van der Waals surface area contributed by atoms with Crippen LogP contribution in [0.3, 0.4) is 0 Å². The van der Waals surface area contributed by atoms with E-state index in [9.17, 15) is 9.90 Å². The molecule has 0 radical (unpaired) electrons. The zero-order valence-electron chi connectivity index (χ0n) is 14.0. The van der Waals surface area contributed by atoms with E-state index < -0.39 is 5.60 Å². The number of para-hydroxylation sites is 1. The van der Waals surface area contributed by atoms with E-state index in [1.807, 2.05) is 24.3 Å². The molecular formula is C20H25NO3. The van der Waals surface area contributed by atoms with Crippen molar-refractivity contribution in [2.75, 3.05) is 6.61 Å². The molecule has 4 aliphatic carbocycles. The maximum Gasteiger partial charge on any atom is 0.226 e. The molecule has 3 atom stereocenters. The number of nitrogens with one attached hydrogen (secondary N) is 1. The molecule has 1 amide bonds. The van der Waals surface area contributed by atoms with Crippen LogP contribution >= 0.6 is 0 Å². The van der Waals surface area contributed by atoms with E-state index in [1.165, 1.54) is 6.42 Å². The van der Waals surface area contributed by atoms with Crippen LogP contribution in [0.5, 0.6) is 5.75 Å². The summed E-state index contributed by atoms with van der Waals surface area (Å²) in [6.07, 6.45) is 6.40. The summed E-state index contributed by atoms with van der Waals surface area (Å²) in [7, 11) is 0. The molecule has 5 aliphatic rings. The van der Waals surface area contributed by atoms with Crippen molar-refractivity contribution in [1.29, 1.82) is 0 Å². The molecule has 4 nitrogen and oxygen atoms in total. The fourth-order valence-electron chi connectivity index (χ4n) is 6.28. The number of aliphatic hydroxyl groups is 1. The zero-order valence-corrected chi connectivity index (χ0v) is 14.0. The van der Waals surface area contributed by atoms with E-state index in [4.69, 9.17) is 4.74 Å². The number of amides is 1. The normalized spacial score (nSPS) is 42.3. The number of hydrogen-bond acceptors (Lipinski definition) is 3. The summed E-state index contributed by atoms with van der Waals surface area (Å²) in [6.45, 7) is 0.643. The third-order valence-electron chi connectivity index (χ3n) is 6.78. The Kier molecular flexibility index (Phi) is 3.06. The Balaban J connectivity index is 1.40. The Morgan fingerprint density at radius 3 is 2.67 bits per heavy atom. The van der Waals surface area contributed by atoms with Gasteiger partial charge >= 0.3 is 0 Å². The van der Waals surface area contributed by atoms with Crippen molar-refractivity contribution in [3.8, 4) is 5.75 Å². The number of carbonyl (C=O) groups is 1. The van der Waals surface area contributed by atoms with E-state index in [0.717, 1.165) is 43.4 Å². The lowest BCUT2D eigenvalue weighted by Crippen LogP contribution is -2.60. The van der Waals surface area contributed by atoms with Crippen molar-refractivity contribution in [3.05, 3.63) is 29.8 Å². The predicted molar refractivity (Wildman–Crippen MR) is 89.5 cm³/mol. The van der Waals surface area contributed by atoms with Gasteiger partial charge in [-0.3, -0.25) is 4.79 Å². The van der Waals surface area contributed by atoms with Gasteiger partial charge < -0.3 is 15.2 Å². The molecule has 24 heavy (non-hydrogen) atoms. The third kappa shape index (κ3) is 2.19. The van der Waals surface area contributed by atoms with Gasteiger partial charge in [-0.1, -0.05) is 18.2 Å². The molecule has 1 aromatic carbocycles. The fraction of sp³-hybridized carbons (Fsp3) is 0.650. The van der Waals surface area contributed by atoms with Crippen molar-refractivity contribution in [2.45, 2.75) is 56.6 Å². The molecule has 1 heterocycles. The highest BCUT2D eigenvalue weighted by Gasteiger charge is 2.60. The highest BCUT2D eigenvalue weighted by atomic mass is 16.5. The number of benzene rings is 1. The van der Waals surface area contributed by atoms with E-state index in [-0.39, 0.29) is 17.4 Å². The smallest absolute Gasteiger partial charge is 0.226 e. The lowest BCUT2D eigenvalue weighted by Gasteiger charge is -2.59. The molecule has 4 saturated carbocycles. The van der Waals surface area contributed by atoms with Gasteiger partial charge in [-0.25, -0.2) is 0 Å². The first-order valence-corrected chi connectivity index (χ1v) is 9.30. The van der Waals surface area contributed by atoms with E-state index in [1.54, 1.807) is 0 Å². The fourth-order valence-corrected chi connectivity index (χ4v) is 6.28. The Morgan fingerprint density at radius 2 is 1.92 bits per heavy atom. The van der Waals surface area contributed by atoms with Gasteiger partial charge in [0.1, 0.15) is 5.75 Å². The first-order chi connectivity index (χ1) is 11.6. The molecule has 4 fully saturated rings. The summed E-state index contributed by atoms with van der Waals surface area (Å²) in [5.41, 5.74) is 0.154. The Labute approximate surface area is 142 Å². The zero-order chi connectivity index (χ0) is 16.4. The minimum absolute atomic E-state index is 0.0325. The number of rotatable bonds is 2. The minimum Gasteiger partial charge on any atom is -0.493 e. The summed E-state index contributed by atoms with van der Waals surface area (Å²) in [5.74, 6) is 2.11. The van der Waals surface area contributed by atoms with Gasteiger partial charge in [-0.05, 0) is 56.4 Å². The molecule has 3 unspecified atom stereocenters. The SMILES string of the molecule is O=C(NC1CCOc2ccccc21)C12CC3CC(CC(O)(C3)C1)C2. The summed E-state index contributed by atoms with van der Waals surface area (Å²) in [4.78, 5) is 13.3. The van der Waals surface area contributed by atoms with Crippen LogP contribution in [-0.2, 0) is 4.79 Å². The molecule has 0 spiro atoms. The average molecular weight is 327 g/mol. The summed E-state index contributed by atoms with van der Waals surface area (Å²) < 4.78 is 5.71. The van der Waals surface area contributed by atoms with Crippen molar-refractivity contribution in [2.24, 2.45) is 17.3 Å². The van der Waals surface area contributed by atoms with Crippen LogP contribution in [0.2, 0.25) is 0 Å². The molecule has 1 aliphatic heterocycles. The molecule has 0 aromatic heterocycles. The van der Waals surface area contributed by atoms with Crippen molar-refractivity contribution in [3.63, 3.8) is 0 Å². The number of carbonyl (C=O) groups excluding carboxylic acids is 1. The van der Waals surface area contributed by atoms with Gasteiger partial charge in [-0.2, -0.15) is 0 Å². The standard InChI is InChI=1S/C20H25NO3/c22-18(21-16-5-6-24-17-4-2-1-3-15(16)17)19-8-13-7-14(9-19)11-20(23,10-13)12-19/h1-4,13-14,16,23H,5-12H2,(H,21,22). The largest absolute Gasteiger partial charge is 0.493 e. The molecule has 4 heteroatoms. The molecular weight excluding hydrogens is 302 g/mol. The van der Waals surface area contributed by atoms with Crippen LogP contribution in [-0.4, -0.2) is 23.2 Å². The lowest BCUT2D eigenvalue weighted by atomic mass is 9.47. The topological polar surface area (TPSA) is 58.6 Å². The van der Waals surface area contributed by atoms with Crippen LogP contribution in [0, 0.1) is 17.3 Å². The van der Waals surface area contributed by atoms with Crippen LogP contribution in [0.15, 0.2) is 24.3 Å². The first-order valence-electron chi connectivity index (χ1n) is 9.30. The van der Waals surface area contributed by atoms with Crippen molar-refractivity contribution >= 4 is 5.91 Å². The second-order valence-electron chi connectivity index (χ2n) is 8.67. The highest BCUT2D eigenvalue weighted by molar-refractivity contribution is 5.84. The summed E-state index contributed by atoms with van der Waals surface area (Å²) in [6, 6.07) is 8.02. The highest BCUT2D eigenvalue weighted by Crippen LogP contribution is 2.61. The Hall–Kier alpha value is -1.55. The van der Waals surface area contributed by atoms with Crippen LogP contribution in [0.4, 0.5) is 0 Å². The lowest BCUT2D eigenvalue weighted by molar-refractivity contribution is -0.178. The van der Waals surface area contributed by atoms with Gasteiger partial charge in [0.25, 0.3) is 0 Å². The summed E-state index contributed by atoms with van der Waals surface area (Å²) in [5, 5.41) is 14.2. The number of fused-ring (bicyclic) bond motifs is 1. The Morgan fingerprint density at radius 1 is 1.17 bits per heavy atom. The van der Waals surface area contributed by atoms with Gasteiger partial charge in [-0.15, -0.1) is 0 Å². The molecule has 2 N–H and O–H groups in total. The average Bonchev–Trinajstić information content (AvgIpc) is 2.53. The maximum atomic E-state index is 13.3. The monoisotopic (exact) mass is 327 g/mol. The van der Waals surface area contributed by atoms with Gasteiger partial charge in [0.05, 0.1) is 23.7 Å². The molecule has 6 rings (SSSR count). The second kappa shape index (κ2) is 4.98. The van der Waals surface area contributed by atoms with Gasteiger partial charge in [0, 0.05) is 12.0 Å². The van der Waals surface area contributed by atoms with Gasteiger partial charge in [0.2, 0.25) is 5.91 Å². The number of hydrogen-bond donors (Lipinski definition) is 2. The molecule has 4 bridgehead atoms. The first kappa shape index (κ1) is 14.8. The third-order valence-corrected chi connectivity index (χ3v) is 6.78. The van der Waals surface area contributed by atoms with Crippen molar-refractivity contribution in [1.82, 2.24) is 5.32 Å². The summed E-state index contributed by atoms with van der Waals surface area (Å²) >= 11 is 0. The second-order valence-corrected chi connectivity index (χ2v) is 8.67. The van der Waals surface area contributed by atoms with Gasteiger partial charge in [0.15, 0.2) is 0 Å². The van der Waals surface area contributed by atoms with Crippen LogP contribution in [0.25, 0.3) is 0 Å². The number of ether oxygens (including phenoxy) is 1. The minimum atomic E-state index is -0.588.